The lowest BCUT2D eigenvalue weighted by atomic mass is 9.93. The fraction of sp³-hybridized carbons (Fsp3) is 0. The van der Waals surface area contributed by atoms with E-state index in [0.717, 1.165) is 83.4 Å². The van der Waals surface area contributed by atoms with Gasteiger partial charge in [0.15, 0.2) is 5.82 Å². The van der Waals surface area contributed by atoms with Crippen molar-refractivity contribution in [1.29, 1.82) is 0 Å². The van der Waals surface area contributed by atoms with E-state index in [1.54, 1.807) is 6.20 Å². The van der Waals surface area contributed by atoms with Crippen molar-refractivity contribution < 1.29 is 4.42 Å². The fourth-order valence-electron chi connectivity index (χ4n) is 6.57. The SMILES string of the molecule is c1ccc(-c2cc(-c3ccc4oc5ccccc5c4c3)cc(-c3cc(-c4ccccc4-c4cccnc4)nc(-c4ccccc4)n3)c2)cc1. The van der Waals surface area contributed by atoms with E-state index in [0.29, 0.717) is 5.82 Å². The Hall–Kier alpha value is -6.65. The molecule has 0 amide bonds. The molecule has 0 saturated heterocycles. The molecule has 6 aromatic carbocycles. The number of hydrogen-bond donors (Lipinski definition) is 0. The summed E-state index contributed by atoms with van der Waals surface area (Å²) in [5.74, 6) is 0.673. The van der Waals surface area contributed by atoms with E-state index in [4.69, 9.17) is 14.4 Å². The highest BCUT2D eigenvalue weighted by Gasteiger charge is 2.16. The number of hydrogen-bond acceptors (Lipinski definition) is 4. The van der Waals surface area contributed by atoms with E-state index < -0.39 is 0 Å². The van der Waals surface area contributed by atoms with Gasteiger partial charge < -0.3 is 4.42 Å². The zero-order valence-electron chi connectivity index (χ0n) is 26.5. The molecule has 0 aliphatic carbocycles. The summed E-state index contributed by atoms with van der Waals surface area (Å²) < 4.78 is 6.16. The summed E-state index contributed by atoms with van der Waals surface area (Å²) >= 11 is 0. The Morgan fingerprint density at radius 2 is 1.00 bits per heavy atom. The van der Waals surface area contributed by atoms with Crippen LogP contribution in [0.5, 0.6) is 0 Å². The maximum Gasteiger partial charge on any atom is 0.160 e. The van der Waals surface area contributed by atoms with E-state index in [1.165, 1.54) is 0 Å². The molecule has 0 unspecified atom stereocenters. The number of furan rings is 1. The summed E-state index contributed by atoms with van der Waals surface area (Å²) in [5, 5.41) is 2.21. The molecule has 0 fully saturated rings. The Morgan fingerprint density at radius 1 is 0.367 bits per heavy atom. The number of benzene rings is 6. The highest BCUT2D eigenvalue weighted by Crippen LogP contribution is 2.38. The summed E-state index contributed by atoms with van der Waals surface area (Å²) in [6.07, 6.45) is 3.70. The van der Waals surface area contributed by atoms with Gasteiger partial charge in [0, 0.05) is 45.4 Å². The van der Waals surface area contributed by atoms with Crippen LogP contribution in [0.25, 0.3) is 89.2 Å². The maximum atomic E-state index is 6.16. The first-order valence-electron chi connectivity index (χ1n) is 16.3. The topological polar surface area (TPSA) is 51.8 Å². The molecule has 0 aliphatic rings. The van der Waals surface area contributed by atoms with Crippen LogP contribution in [0.4, 0.5) is 0 Å². The van der Waals surface area contributed by atoms with Crippen molar-refractivity contribution in [1.82, 2.24) is 15.0 Å². The Morgan fingerprint density at radius 3 is 1.80 bits per heavy atom. The molecule has 49 heavy (non-hydrogen) atoms. The van der Waals surface area contributed by atoms with Crippen molar-refractivity contribution in [3.05, 3.63) is 176 Å². The van der Waals surface area contributed by atoms with Gasteiger partial charge in [-0.05, 0) is 76.3 Å². The second kappa shape index (κ2) is 12.2. The molecular weight excluding hydrogens is 599 g/mol. The molecule has 0 radical (unpaired) electrons. The Bertz CT molecular complexity index is 2590. The number of nitrogens with zero attached hydrogens (tertiary/aromatic N) is 3. The van der Waals surface area contributed by atoms with Crippen molar-refractivity contribution in [2.45, 2.75) is 0 Å². The third-order valence-corrected chi connectivity index (χ3v) is 8.98. The highest BCUT2D eigenvalue weighted by molar-refractivity contribution is 6.06. The van der Waals surface area contributed by atoms with Crippen LogP contribution in [0.15, 0.2) is 181 Å². The molecular formula is C45H29N3O. The molecule has 0 bridgehead atoms. The first-order valence-corrected chi connectivity index (χ1v) is 16.3. The van der Waals surface area contributed by atoms with Crippen LogP contribution in [-0.4, -0.2) is 15.0 Å². The molecule has 9 aromatic rings. The highest BCUT2D eigenvalue weighted by atomic mass is 16.3. The molecule has 0 spiro atoms. The zero-order valence-corrected chi connectivity index (χ0v) is 26.5. The molecule has 9 rings (SSSR count). The minimum atomic E-state index is 0.673. The van der Waals surface area contributed by atoms with Crippen molar-refractivity contribution in [2.75, 3.05) is 0 Å². The lowest BCUT2D eigenvalue weighted by molar-refractivity contribution is 0.669. The molecule has 230 valence electrons. The van der Waals surface area contributed by atoms with Crippen LogP contribution >= 0.6 is 0 Å². The number of aromatic nitrogens is 3. The largest absolute Gasteiger partial charge is 0.456 e. The minimum absolute atomic E-state index is 0.673. The molecule has 0 atom stereocenters. The smallest absolute Gasteiger partial charge is 0.160 e. The van der Waals surface area contributed by atoms with Crippen molar-refractivity contribution >= 4 is 21.9 Å². The van der Waals surface area contributed by atoms with Gasteiger partial charge in [-0.3, -0.25) is 4.98 Å². The lowest BCUT2D eigenvalue weighted by Crippen LogP contribution is -1.97. The van der Waals surface area contributed by atoms with E-state index in [-0.39, 0.29) is 0 Å². The summed E-state index contributed by atoms with van der Waals surface area (Å²) in [4.78, 5) is 14.8. The van der Waals surface area contributed by atoms with E-state index >= 15 is 0 Å². The zero-order chi connectivity index (χ0) is 32.6. The van der Waals surface area contributed by atoms with Gasteiger partial charge in [-0.25, -0.2) is 9.97 Å². The summed E-state index contributed by atoms with van der Waals surface area (Å²) in [6.45, 7) is 0. The average Bonchev–Trinajstić information content (AvgIpc) is 3.57. The number of fused-ring (bicyclic) bond motifs is 3. The predicted octanol–water partition coefficient (Wildman–Crippen LogP) is 11.8. The van der Waals surface area contributed by atoms with Gasteiger partial charge in [0.2, 0.25) is 0 Å². The van der Waals surface area contributed by atoms with Crippen LogP contribution in [0, 0.1) is 0 Å². The first kappa shape index (κ1) is 28.6. The molecule has 0 N–H and O–H groups in total. The third kappa shape index (κ3) is 5.45. The van der Waals surface area contributed by atoms with E-state index in [2.05, 4.69) is 132 Å². The quantitative estimate of drug-likeness (QED) is 0.184. The van der Waals surface area contributed by atoms with Crippen molar-refractivity contribution in [3.8, 4) is 67.3 Å². The second-order valence-electron chi connectivity index (χ2n) is 12.1. The number of para-hydroxylation sites is 1. The summed E-state index contributed by atoms with van der Waals surface area (Å²) in [5.41, 5.74) is 13.0. The number of rotatable bonds is 6. The Kier molecular flexibility index (Phi) is 7.10. The summed E-state index contributed by atoms with van der Waals surface area (Å²) in [6, 6.07) is 56.6. The second-order valence-corrected chi connectivity index (χ2v) is 12.1. The van der Waals surface area contributed by atoms with E-state index in [1.807, 2.05) is 42.6 Å². The van der Waals surface area contributed by atoms with Crippen LogP contribution in [0.2, 0.25) is 0 Å². The molecule has 4 nitrogen and oxygen atoms in total. The van der Waals surface area contributed by atoms with Crippen LogP contribution in [0.3, 0.4) is 0 Å². The minimum Gasteiger partial charge on any atom is -0.456 e. The van der Waals surface area contributed by atoms with E-state index in [9.17, 15) is 0 Å². The van der Waals surface area contributed by atoms with Gasteiger partial charge in [-0.15, -0.1) is 0 Å². The average molecular weight is 628 g/mol. The first-order chi connectivity index (χ1) is 24.3. The standard InChI is InChI=1S/C45H29N3O/c1-3-12-30(13-4-1)34-24-35(32-21-22-44-40(27-32)39-19-9-10-20-43(39)49-44)26-36(25-34)41-28-42(48-45(47-41)31-14-5-2-6-15-31)38-18-8-7-17-37(38)33-16-11-23-46-29-33/h1-29H. The van der Waals surface area contributed by atoms with Crippen LogP contribution in [0.1, 0.15) is 0 Å². The Balaban J connectivity index is 1.27. The molecule has 4 heteroatoms. The Labute approximate surface area is 284 Å². The van der Waals surface area contributed by atoms with Gasteiger partial charge in [0.25, 0.3) is 0 Å². The molecule has 0 saturated carbocycles. The molecule has 3 heterocycles. The van der Waals surface area contributed by atoms with Gasteiger partial charge in [0.05, 0.1) is 11.4 Å². The van der Waals surface area contributed by atoms with Crippen molar-refractivity contribution in [3.63, 3.8) is 0 Å². The van der Waals surface area contributed by atoms with Crippen LogP contribution in [-0.2, 0) is 0 Å². The third-order valence-electron chi connectivity index (χ3n) is 8.98. The lowest BCUT2D eigenvalue weighted by Gasteiger charge is -2.15. The van der Waals surface area contributed by atoms with Gasteiger partial charge in [-0.2, -0.15) is 0 Å². The van der Waals surface area contributed by atoms with Crippen molar-refractivity contribution in [2.24, 2.45) is 0 Å². The van der Waals surface area contributed by atoms with Crippen LogP contribution < -0.4 is 0 Å². The maximum absolute atomic E-state index is 6.16. The van der Waals surface area contributed by atoms with Gasteiger partial charge in [0.1, 0.15) is 11.2 Å². The predicted molar refractivity (Wildman–Crippen MR) is 200 cm³/mol. The molecule has 0 aliphatic heterocycles. The van der Waals surface area contributed by atoms with Gasteiger partial charge >= 0.3 is 0 Å². The monoisotopic (exact) mass is 627 g/mol. The number of pyridine rings is 1. The fourth-order valence-corrected chi connectivity index (χ4v) is 6.57. The van der Waals surface area contributed by atoms with Gasteiger partial charge in [-0.1, -0.05) is 115 Å². The molecule has 3 aromatic heterocycles. The summed E-state index contributed by atoms with van der Waals surface area (Å²) in [7, 11) is 0. The normalized spacial score (nSPS) is 11.3.